The van der Waals surface area contributed by atoms with Gasteiger partial charge >= 0.3 is 6.18 Å². The molecule has 0 saturated heterocycles. The number of halogens is 3. The van der Waals surface area contributed by atoms with E-state index in [-0.39, 0.29) is 0 Å². The quantitative estimate of drug-likeness (QED) is 0.867. The van der Waals surface area contributed by atoms with Crippen molar-refractivity contribution < 1.29 is 13.2 Å². The fourth-order valence-corrected chi connectivity index (χ4v) is 1.39. The molecule has 2 aromatic rings. The highest BCUT2D eigenvalue weighted by Gasteiger charge is 2.30. The zero-order chi connectivity index (χ0) is 12.3. The number of alkyl halides is 3. The number of benzene rings is 1. The lowest BCUT2D eigenvalue weighted by Gasteiger charge is -2.09. The van der Waals surface area contributed by atoms with E-state index in [1.165, 1.54) is 6.07 Å². The Morgan fingerprint density at radius 1 is 1.24 bits per heavy atom. The standard InChI is InChI=1S/C11H10F3N3/c12-11(13,14)8-2-1-3-9(6-8)15-7-10-4-5-16-17-10/h1-6,15H,7H2,(H,16,17). The molecule has 1 heterocycles. The predicted molar refractivity (Wildman–Crippen MR) is 57.4 cm³/mol. The summed E-state index contributed by atoms with van der Waals surface area (Å²) in [5.74, 6) is 0. The van der Waals surface area contributed by atoms with E-state index in [0.717, 1.165) is 17.8 Å². The highest BCUT2D eigenvalue weighted by molar-refractivity contribution is 5.46. The molecule has 17 heavy (non-hydrogen) atoms. The lowest BCUT2D eigenvalue weighted by Crippen LogP contribution is -2.06. The predicted octanol–water partition coefficient (Wildman–Crippen LogP) is 3.04. The van der Waals surface area contributed by atoms with Gasteiger partial charge in [0.2, 0.25) is 0 Å². The number of nitrogens with one attached hydrogen (secondary N) is 2. The number of nitrogens with zero attached hydrogens (tertiary/aromatic N) is 1. The van der Waals surface area contributed by atoms with Crippen LogP contribution in [-0.4, -0.2) is 10.2 Å². The van der Waals surface area contributed by atoms with E-state index in [4.69, 9.17) is 0 Å². The fraction of sp³-hybridized carbons (Fsp3) is 0.182. The van der Waals surface area contributed by atoms with E-state index >= 15 is 0 Å². The largest absolute Gasteiger partial charge is 0.416 e. The second kappa shape index (κ2) is 4.48. The first-order valence-electron chi connectivity index (χ1n) is 4.95. The van der Waals surface area contributed by atoms with Crippen molar-refractivity contribution in [2.45, 2.75) is 12.7 Å². The number of aromatic amines is 1. The van der Waals surface area contributed by atoms with E-state index in [9.17, 15) is 13.2 Å². The number of rotatable bonds is 3. The van der Waals surface area contributed by atoms with E-state index in [0.29, 0.717) is 12.2 Å². The van der Waals surface area contributed by atoms with Crippen LogP contribution in [0.5, 0.6) is 0 Å². The first kappa shape index (κ1) is 11.5. The molecule has 1 aromatic carbocycles. The zero-order valence-corrected chi connectivity index (χ0v) is 8.75. The first-order valence-corrected chi connectivity index (χ1v) is 4.95. The number of anilines is 1. The van der Waals surface area contributed by atoms with Gasteiger partial charge in [-0.1, -0.05) is 6.07 Å². The molecular formula is C11H10F3N3. The van der Waals surface area contributed by atoms with Gasteiger partial charge in [0.25, 0.3) is 0 Å². The molecule has 2 rings (SSSR count). The zero-order valence-electron chi connectivity index (χ0n) is 8.75. The Kier molecular flexibility index (Phi) is 3.03. The Labute approximate surface area is 95.7 Å². The molecule has 3 nitrogen and oxygen atoms in total. The van der Waals surface area contributed by atoms with Crippen LogP contribution in [0.15, 0.2) is 36.5 Å². The van der Waals surface area contributed by atoms with Gasteiger partial charge in [-0.2, -0.15) is 18.3 Å². The van der Waals surface area contributed by atoms with Crippen molar-refractivity contribution in [2.24, 2.45) is 0 Å². The topological polar surface area (TPSA) is 40.7 Å². The van der Waals surface area contributed by atoms with Gasteiger partial charge in [0, 0.05) is 11.9 Å². The molecule has 0 unspecified atom stereocenters. The first-order chi connectivity index (χ1) is 8.05. The Hall–Kier alpha value is -1.98. The summed E-state index contributed by atoms with van der Waals surface area (Å²) >= 11 is 0. The third kappa shape index (κ3) is 2.99. The summed E-state index contributed by atoms with van der Waals surface area (Å²) in [4.78, 5) is 0. The van der Waals surface area contributed by atoms with Crippen molar-refractivity contribution in [2.75, 3.05) is 5.32 Å². The molecule has 0 spiro atoms. The SMILES string of the molecule is FC(F)(F)c1cccc(NCc2ccn[nH]2)c1. The Balaban J connectivity index is 2.07. The van der Waals surface area contributed by atoms with Gasteiger partial charge in [0.15, 0.2) is 0 Å². The Morgan fingerprint density at radius 2 is 2.06 bits per heavy atom. The maximum absolute atomic E-state index is 12.4. The molecule has 0 atom stereocenters. The molecule has 6 heteroatoms. The van der Waals surface area contributed by atoms with Crippen LogP contribution in [0.4, 0.5) is 18.9 Å². The van der Waals surface area contributed by atoms with E-state index in [2.05, 4.69) is 15.5 Å². The van der Waals surface area contributed by atoms with Crippen LogP contribution < -0.4 is 5.32 Å². The molecule has 0 fully saturated rings. The molecule has 0 aliphatic heterocycles. The lowest BCUT2D eigenvalue weighted by atomic mass is 10.2. The summed E-state index contributed by atoms with van der Waals surface area (Å²) in [6.45, 7) is 0.404. The second-order valence-electron chi connectivity index (χ2n) is 3.51. The van der Waals surface area contributed by atoms with Crippen LogP contribution in [0.25, 0.3) is 0 Å². The molecule has 0 amide bonds. The van der Waals surface area contributed by atoms with Gasteiger partial charge in [-0.15, -0.1) is 0 Å². The van der Waals surface area contributed by atoms with Gasteiger partial charge < -0.3 is 5.32 Å². The van der Waals surface area contributed by atoms with Crippen LogP contribution in [-0.2, 0) is 12.7 Å². The fourth-order valence-electron chi connectivity index (χ4n) is 1.39. The Morgan fingerprint density at radius 3 is 2.71 bits per heavy atom. The average Bonchev–Trinajstić information content (AvgIpc) is 2.78. The molecule has 0 bridgehead atoms. The molecule has 0 saturated carbocycles. The number of H-pyrrole nitrogens is 1. The van der Waals surface area contributed by atoms with E-state index in [1.54, 1.807) is 18.3 Å². The van der Waals surface area contributed by atoms with Gasteiger partial charge in [0.1, 0.15) is 0 Å². The summed E-state index contributed by atoms with van der Waals surface area (Å²) in [5, 5.41) is 9.35. The monoisotopic (exact) mass is 241 g/mol. The maximum atomic E-state index is 12.4. The number of aromatic nitrogens is 2. The van der Waals surface area contributed by atoms with Crippen LogP contribution >= 0.6 is 0 Å². The summed E-state index contributed by atoms with van der Waals surface area (Å²) in [6.07, 6.45) is -2.73. The molecular weight excluding hydrogens is 231 g/mol. The minimum absolute atomic E-state index is 0.404. The van der Waals surface area contributed by atoms with Gasteiger partial charge in [0.05, 0.1) is 17.8 Å². The summed E-state index contributed by atoms with van der Waals surface area (Å²) < 4.78 is 37.3. The highest BCUT2D eigenvalue weighted by Crippen LogP contribution is 2.30. The van der Waals surface area contributed by atoms with Gasteiger partial charge in [-0.05, 0) is 24.3 Å². The molecule has 2 N–H and O–H groups in total. The highest BCUT2D eigenvalue weighted by atomic mass is 19.4. The third-order valence-electron chi connectivity index (χ3n) is 2.23. The number of hydrogen-bond acceptors (Lipinski definition) is 2. The van der Waals surface area contributed by atoms with Gasteiger partial charge in [-0.3, -0.25) is 5.10 Å². The molecule has 0 aliphatic rings. The minimum atomic E-state index is -4.31. The van der Waals surface area contributed by atoms with Crippen LogP contribution in [0, 0.1) is 0 Å². The molecule has 1 aromatic heterocycles. The number of hydrogen-bond donors (Lipinski definition) is 2. The summed E-state index contributed by atoms with van der Waals surface area (Å²) in [6, 6.07) is 6.84. The van der Waals surface area contributed by atoms with Crippen molar-refractivity contribution in [1.82, 2.24) is 10.2 Å². The van der Waals surface area contributed by atoms with Crippen molar-refractivity contribution in [3.63, 3.8) is 0 Å². The van der Waals surface area contributed by atoms with Crippen molar-refractivity contribution >= 4 is 5.69 Å². The minimum Gasteiger partial charge on any atom is -0.379 e. The molecule has 0 aliphatic carbocycles. The average molecular weight is 241 g/mol. The molecule has 0 radical (unpaired) electrons. The lowest BCUT2D eigenvalue weighted by molar-refractivity contribution is -0.137. The van der Waals surface area contributed by atoms with E-state index < -0.39 is 11.7 Å². The van der Waals surface area contributed by atoms with Crippen LogP contribution in [0.1, 0.15) is 11.3 Å². The maximum Gasteiger partial charge on any atom is 0.416 e. The van der Waals surface area contributed by atoms with Gasteiger partial charge in [-0.25, -0.2) is 0 Å². The van der Waals surface area contributed by atoms with Crippen LogP contribution in [0.3, 0.4) is 0 Å². The molecule has 90 valence electrons. The Bertz CT molecular complexity index is 477. The van der Waals surface area contributed by atoms with E-state index in [1.807, 2.05) is 0 Å². The summed E-state index contributed by atoms with van der Waals surface area (Å²) in [7, 11) is 0. The summed E-state index contributed by atoms with van der Waals surface area (Å²) in [5.41, 5.74) is 0.573. The second-order valence-corrected chi connectivity index (χ2v) is 3.51. The van der Waals surface area contributed by atoms with Crippen molar-refractivity contribution in [3.05, 3.63) is 47.8 Å². The van der Waals surface area contributed by atoms with Crippen LogP contribution in [0.2, 0.25) is 0 Å². The smallest absolute Gasteiger partial charge is 0.379 e. The van der Waals surface area contributed by atoms with Crippen molar-refractivity contribution in [3.8, 4) is 0 Å². The van der Waals surface area contributed by atoms with Crippen molar-refractivity contribution in [1.29, 1.82) is 0 Å². The third-order valence-corrected chi connectivity index (χ3v) is 2.23. The normalized spacial score (nSPS) is 11.5.